The summed E-state index contributed by atoms with van der Waals surface area (Å²) in [7, 11) is 1.48. The van der Waals surface area contributed by atoms with Crippen LogP contribution in [0, 0.1) is 0 Å². The Morgan fingerprint density at radius 2 is 2.25 bits per heavy atom. The third-order valence-electron chi connectivity index (χ3n) is 2.77. The van der Waals surface area contributed by atoms with Crippen LogP contribution in [0.1, 0.15) is 5.01 Å². The second kappa shape index (κ2) is 8.16. The van der Waals surface area contributed by atoms with E-state index in [9.17, 15) is 4.79 Å². The SMILES string of the molecule is COC(CN)C(=O)NCCc1nc2ccccc2s1.Cl. The first-order valence-corrected chi connectivity index (χ1v) is 6.91. The van der Waals surface area contributed by atoms with Gasteiger partial charge in [0.1, 0.15) is 6.10 Å². The van der Waals surface area contributed by atoms with Gasteiger partial charge < -0.3 is 15.8 Å². The van der Waals surface area contributed by atoms with Crippen molar-refractivity contribution in [3.8, 4) is 0 Å². The van der Waals surface area contributed by atoms with Gasteiger partial charge in [0.15, 0.2) is 0 Å². The van der Waals surface area contributed by atoms with Crippen LogP contribution in [0.25, 0.3) is 10.2 Å². The highest BCUT2D eigenvalue weighted by atomic mass is 35.5. The molecular formula is C13H18ClN3O2S. The van der Waals surface area contributed by atoms with Crippen molar-refractivity contribution in [3.05, 3.63) is 29.3 Å². The Morgan fingerprint density at radius 1 is 1.50 bits per heavy atom. The Hall–Kier alpha value is -1.21. The van der Waals surface area contributed by atoms with E-state index >= 15 is 0 Å². The molecule has 0 saturated carbocycles. The van der Waals surface area contributed by atoms with Crippen LogP contribution in [0.4, 0.5) is 0 Å². The number of aromatic nitrogens is 1. The van der Waals surface area contributed by atoms with Crippen molar-refractivity contribution < 1.29 is 9.53 Å². The molecule has 1 aromatic heterocycles. The van der Waals surface area contributed by atoms with Crippen molar-refractivity contribution in [3.63, 3.8) is 0 Å². The van der Waals surface area contributed by atoms with Crippen LogP contribution < -0.4 is 11.1 Å². The molecule has 0 fully saturated rings. The fourth-order valence-corrected chi connectivity index (χ4v) is 2.71. The smallest absolute Gasteiger partial charge is 0.250 e. The van der Waals surface area contributed by atoms with E-state index in [1.165, 1.54) is 11.8 Å². The van der Waals surface area contributed by atoms with Gasteiger partial charge in [-0.1, -0.05) is 12.1 Å². The Balaban J connectivity index is 0.00000200. The maximum absolute atomic E-state index is 11.6. The van der Waals surface area contributed by atoms with Gasteiger partial charge in [-0.05, 0) is 12.1 Å². The number of hydrogen-bond donors (Lipinski definition) is 2. The van der Waals surface area contributed by atoms with Crippen LogP contribution in [0.2, 0.25) is 0 Å². The second-order valence-corrected chi connectivity index (χ2v) is 5.19. The number of fused-ring (bicyclic) bond motifs is 1. The van der Waals surface area contributed by atoms with Gasteiger partial charge in [-0.3, -0.25) is 4.79 Å². The van der Waals surface area contributed by atoms with Crippen LogP contribution in [-0.4, -0.2) is 37.2 Å². The average molecular weight is 316 g/mol. The van der Waals surface area contributed by atoms with Crippen LogP contribution >= 0.6 is 23.7 Å². The summed E-state index contributed by atoms with van der Waals surface area (Å²) in [5, 5.41) is 3.82. The molecule has 1 amide bonds. The molecule has 5 nitrogen and oxygen atoms in total. The quantitative estimate of drug-likeness (QED) is 0.843. The van der Waals surface area contributed by atoms with Gasteiger partial charge in [-0.25, -0.2) is 4.98 Å². The molecule has 0 aliphatic rings. The fraction of sp³-hybridized carbons (Fsp3) is 0.385. The zero-order valence-corrected chi connectivity index (χ0v) is 12.8. The summed E-state index contributed by atoms with van der Waals surface area (Å²) in [6.07, 6.45) is 0.141. The van der Waals surface area contributed by atoms with Gasteiger partial charge >= 0.3 is 0 Å². The predicted molar refractivity (Wildman–Crippen MR) is 83.4 cm³/mol. The van der Waals surface area contributed by atoms with E-state index in [2.05, 4.69) is 10.3 Å². The molecule has 7 heteroatoms. The summed E-state index contributed by atoms with van der Waals surface area (Å²) in [6, 6.07) is 8.00. The molecule has 1 heterocycles. The number of methoxy groups -OCH3 is 1. The molecule has 0 bridgehead atoms. The first kappa shape index (κ1) is 16.8. The van der Waals surface area contributed by atoms with Gasteiger partial charge in [-0.2, -0.15) is 0 Å². The summed E-state index contributed by atoms with van der Waals surface area (Å²) in [4.78, 5) is 16.1. The molecule has 1 atom stereocenters. The molecule has 2 aromatic rings. The van der Waals surface area contributed by atoms with E-state index in [0.717, 1.165) is 10.5 Å². The van der Waals surface area contributed by atoms with Gasteiger partial charge in [0, 0.05) is 26.6 Å². The number of carbonyl (C=O) groups is 1. The van der Waals surface area contributed by atoms with Crippen LogP contribution in [-0.2, 0) is 16.0 Å². The number of para-hydroxylation sites is 1. The maximum Gasteiger partial charge on any atom is 0.250 e. The van der Waals surface area contributed by atoms with E-state index in [1.54, 1.807) is 11.3 Å². The molecule has 0 saturated heterocycles. The third kappa shape index (κ3) is 4.14. The number of nitrogens with zero attached hydrogens (tertiary/aromatic N) is 1. The highest BCUT2D eigenvalue weighted by Crippen LogP contribution is 2.21. The van der Waals surface area contributed by atoms with E-state index in [-0.39, 0.29) is 24.9 Å². The van der Waals surface area contributed by atoms with Crippen LogP contribution in [0.3, 0.4) is 0 Å². The number of ether oxygens (including phenoxy) is 1. The monoisotopic (exact) mass is 315 g/mol. The van der Waals surface area contributed by atoms with Crippen molar-refractivity contribution in [1.82, 2.24) is 10.3 Å². The summed E-state index contributed by atoms with van der Waals surface area (Å²) < 4.78 is 6.13. The minimum absolute atomic E-state index is 0. The van der Waals surface area contributed by atoms with Crippen molar-refractivity contribution in [1.29, 1.82) is 0 Å². The fourth-order valence-electron chi connectivity index (χ4n) is 1.74. The molecule has 20 heavy (non-hydrogen) atoms. The number of amides is 1. The normalized spacial score (nSPS) is 11.9. The largest absolute Gasteiger partial charge is 0.370 e. The first-order valence-electron chi connectivity index (χ1n) is 6.09. The molecule has 1 aromatic carbocycles. The number of halogens is 1. The summed E-state index contributed by atoms with van der Waals surface area (Å²) >= 11 is 1.65. The number of benzene rings is 1. The number of rotatable bonds is 6. The Labute approximate surface area is 127 Å². The van der Waals surface area contributed by atoms with E-state index < -0.39 is 6.10 Å². The Bertz CT molecular complexity index is 524. The zero-order valence-electron chi connectivity index (χ0n) is 11.2. The first-order chi connectivity index (χ1) is 9.24. The van der Waals surface area contributed by atoms with Gasteiger partial charge in [-0.15, -0.1) is 23.7 Å². The van der Waals surface area contributed by atoms with E-state index in [1.807, 2.05) is 24.3 Å². The maximum atomic E-state index is 11.6. The molecule has 0 radical (unpaired) electrons. The van der Waals surface area contributed by atoms with E-state index in [4.69, 9.17) is 10.5 Å². The average Bonchev–Trinajstić information content (AvgIpc) is 2.82. The number of nitrogens with one attached hydrogen (secondary N) is 1. The van der Waals surface area contributed by atoms with Gasteiger partial charge in [0.25, 0.3) is 0 Å². The number of carbonyl (C=O) groups excluding carboxylic acids is 1. The molecule has 1 unspecified atom stereocenters. The van der Waals surface area contributed by atoms with Crippen molar-refractivity contribution in [2.75, 3.05) is 20.2 Å². The molecular weight excluding hydrogens is 298 g/mol. The summed E-state index contributed by atoms with van der Waals surface area (Å²) in [5.74, 6) is -0.175. The van der Waals surface area contributed by atoms with Gasteiger partial charge in [0.2, 0.25) is 5.91 Å². The lowest BCUT2D eigenvalue weighted by Crippen LogP contribution is -2.41. The standard InChI is InChI=1S/C13H17N3O2S.ClH/c1-18-10(8-14)13(17)15-7-6-12-16-9-4-2-3-5-11(9)19-12;/h2-5,10H,6-8,14H2,1H3,(H,15,17);1H. The predicted octanol–water partition coefficient (Wildman–Crippen LogP) is 1.35. The van der Waals surface area contributed by atoms with Crippen molar-refractivity contribution >= 4 is 39.9 Å². The highest BCUT2D eigenvalue weighted by molar-refractivity contribution is 7.18. The lowest BCUT2D eigenvalue weighted by Gasteiger charge is -2.12. The lowest BCUT2D eigenvalue weighted by molar-refractivity contribution is -0.130. The van der Waals surface area contributed by atoms with Crippen molar-refractivity contribution in [2.45, 2.75) is 12.5 Å². The highest BCUT2D eigenvalue weighted by Gasteiger charge is 2.14. The number of thiazole rings is 1. The zero-order chi connectivity index (χ0) is 13.7. The topological polar surface area (TPSA) is 77.2 Å². The van der Waals surface area contributed by atoms with Crippen LogP contribution in [0.15, 0.2) is 24.3 Å². The molecule has 3 N–H and O–H groups in total. The second-order valence-electron chi connectivity index (χ2n) is 4.08. The third-order valence-corrected chi connectivity index (χ3v) is 3.86. The van der Waals surface area contributed by atoms with Crippen LogP contribution in [0.5, 0.6) is 0 Å². The van der Waals surface area contributed by atoms with Gasteiger partial charge in [0.05, 0.1) is 15.2 Å². The summed E-state index contributed by atoms with van der Waals surface area (Å²) in [6.45, 7) is 0.724. The molecule has 2 rings (SSSR count). The Morgan fingerprint density at radius 3 is 2.90 bits per heavy atom. The molecule has 0 spiro atoms. The van der Waals surface area contributed by atoms with Crippen molar-refractivity contribution in [2.24, 2.45) is 5.73 Å². The molecule has 110 valence electrons. The minimum Gasteiger partial charge on any atom is -0.370 e. The Kier molecular flexibility index (Phi) is 6.87. The lowest BCUT2D eigenvalue weighted by atomic mass is 10.3. The van der Waals surface area contributed by atoms with E-state index in [0.29, 0.717) is 13.0 Å². The molecule has 0 aliphatic heterocycles. The minimum atomic E-state index is -0.574. The number of hydrogen-bond acceptors (Lipinski definition) is 5. The number of nitrogens with two attached hydrogens (primary N) is 1. The summed E-state index contributed by atoms with van der Waals surface area (Å²) in [5.41, 5.74) is 6.43. The molecule has 0 aliphatic carbocycles.